The van der Waals surface area contributed by atoms with Crippen LogP contribution in [-0.2, 0) is 0 Å². The minimum atomic E-state index is 0.697. The fraction of sp³-hybridized carbons (Fsp3) is 0.0625. The molecule has 82 valence electrons. The summed E-state index contributed by atoms with van der Waals surface area (Å²) in [7, 11) is 0. The Balaban J connectivity index is 2.15. The summed E-state index contributed by atoms with van der Waals surface area (Å²) in [5.41, 5.74) is 5.30. The van der Waals surface area contributed by atoms with E-state index in [1.807, 2.05) is 18.2 Å². The Morgan fingerprint density at radius 2 is 1.53 bits per heavy atom. The molecule has 1 aromatic carbocycles. The van der Waals surface area contributed by atoms with Crippen LogP contribution in [0.25, 0.3) is 12.2 Å². The Labute approximate surface area is 101 Å². The molecular weight excluding hydrogens is 206 g/mol. The first-order valence-electron chi connectivity index (χ1n) is 5.78. The van der Waals surface area contributed by atoms with Crippen LogP contribution >= 0.6 is 0 Å². The lowest BCUT2D eigenvalue weighted by molar-refractivity contribution is 1.31. The largest absolute Gasteiger partial charge is 0.304 e. The third kappa shape index (κ3) is 1.80. The number of hydrogen-bond donors (Lipinski definition) is 1. The second kappa shape index (κ2) is 4.02. The molecule has 3 rings (SSSR count). The van der Waals surface area contributed by atoms with Gasteiger partial charge in [-0.3, -0.25) is 0 Å². The zero-order valence-corrected chi connectivity index (χ0v) is 9.48. The number of benzene rings is 1. The van der Waals surface area contributed by atoms with E-state index in [1.54, 1.807) is 0 Å². The Morgan fingerprint density at radius 1 is 0.824 bits per heavy atom. The van der Waals surface area contributed by atoms with Gasteiger partial charge in [-0.2, -0.15) is 0 Å². The van der Waals surface area contributed by atoms with E-state index in [1.165, 1.54) is 11.1 Å². The minimum absolute atomic E-state index is 0.697. The van der Waals surface area contributed by atoms with Crippen molar-refractivity contribution in [2.75, 3.05) is 0 Å². The monoisotopic (exact) mass is 219 g/mol. The van der Waals surface area contributed by atoms with Crippen molar-refractivity contribution in [2.45, 2.75) is 6.42 Å². The number of hydrogen-bond acceptors (Lipinski definition) is 1. The molecule has 0 fully saturated rings. The summed E-state index contributed by atoms with van der Waals surface area (Å²) >= 11 is 0. The van der Waals surface area contributed by atoms with E-state index in [4.69, 9.17) is 5.41 Å². The molecule has 0 amide bonds. The van der Waals surface area contributed by atoms with Crippen LogP contribution in [0.1, 0.15) is 17.5 Å². The lowest BCUT2D eigenvalue weighted by Gasteiger charge is -2.13. The van der Waals surface area contributed by atoms with Gasteiger partial charge in [-0.15, -0.1) is 0 Å². The van der Waals surface area contributed by atoms with Crippen molar-refractivity contribution in [1.82, 2.24) is 0 Å². The average Bonchev–Trinajstić information content (AvgIpc) is 2.33. The van der Waals surface area contributed by atoms with Crippen LogP contribution in [0.5, 0.6) is 0 Å². The molecule has 0 spiro atoms. The van der Waals surface area contributed by atoms with Crippen molar-refractivity contribution in [3.63, 3.8) is 0 Å². The van der Waals surface area contributed by atoms with E-state index in [-0.39, 0.29) is 0 Å². The summed E-state index contributed by atoms with van der Waals surface area (Å²) in [6.45, 7) is 0. The van der Waals surface area contributed by atoms with Crippen molar-refractivity contribution in [3.05, 3.63) is 70.8 Å². The minimum Gasteiger partial charge on any atom is -0.304 e. The van der Waals surface area contributed by atoms with E-state index >= 15 is 0 Å². The highest BCUT2D eigenvalue weighted by Gasteiger charge is 2.10. The molecule has 0 unspecified atom stereocenters. The van der Waals surface area contributed by atoms with Gasteiger partial charge in [0, 0.05) is 17.7 Å². The quantitative estimate of drug-likeness (QED) is 0.682. The highest BCUT2D eigenvalue weighted by molar-refractivity contribution is 6.05. The van der Waals surface area contributed by atoms with Crippen LogP contribution in [0, 0.1) is 5.41 Å². The van der Waals surface area contributed by atoms with Gasteiger partial charge in [-0.05, 0) is 16.7 Å². The molecule has 0 heterocycles. The van der Waals surface area contributed by atoms with Crippen LogP contribution in [0.3, 0.4) is 0 Å². The third-order valence-electron chi connectivity index (χ3n) is 3.12. The molecular formula is C16H13N. The van der Waals surface area contributed by atoms with Gasteiger partial charge in [0.1, 0.15) is 0 Å². The van der Waals surface area contributed by atoms with Gasteiger partial charge in [0.25, 0.3) is 0 Å². The molecule has 1 heteroatoms. The molecule has 0 aromatic heterocycles. The molecule has 0 atom stereocenters. The van der Waals surface area contributed by atoms with E-state index in [0.29, 0.717) is 5.71 Å². The smallest absolute Gasteiger partial charge is 0.0429 e. The molecule has 0 saturated heterocycles. The van der Waals surface area contributed by atoms with Crippen LogP contribution in [0.4, 0.5) is 0 Å². The molecule has 0 bridgehead atoms. The van der Waals surface area contributed by atoms with Crippen molar-refractivity contribution in [1.29, 1.82) is 5.41 Å². The molecule has 17 heavy (non-hydrogen) atoms. The summed E-state index contributed by atoms with van der Waals surface area (Å²) in [4.78, 5) is 0. The van der Waals surface area contributed by atoms with Crippen LogP contribution in [0.2, 0.25) is 0 Å². The maximum absolute atomic E-state index is 7.97. The van der Waals surface area contributed by atoms with Gasteiger partial charge in [0.05, 0.1) is 0 Å². The maximum atomic E-state index is 7.97. The molecule has 1 N–H and O–H groups in total. The van der Waals surface area contributed by atoms with Crippen molar-refractivity contribution < 1.29 is 0 Å². The second-order valence-electron chi connectivity index (χ2n) is 4.25. The maximum Gasteiger partial charge on any atom is 0.0429 e. The average molecular weight is 219 g/mol. The summed E-state index contributed by atoms with van der Waals surface area (Å²) in [5.74, 6) is 0. The van der Waals surface area contributed by atoms with Crippen molar-refractivity contribution >= 4 is 17.9 Å². The van der Waals surface area contributed by atoms with Gasteiger partial charge in [0.15, 0.2) is 0 Å². The normalized spacial score (nSPS) is 21.3. The molecule has 1 aromatic rings. The SMILES string of the molecule is N=C1CC=CC2=C1/C=C\c1ccccc1/C=C\2. The third-order valence-corrected chi connectivity index (χ3v) is 3.12. The number of fused-ring (bicyclic) bond motifs is 1. The number of nitrogens with one attached hydrogen (secondary N) is 1. The predicted octanol–water partition coefficient (Wildman–Crippen LogP) is 4.00. The van der Waals surface area contributed by atoms with Crippen LogP contribution in [-0.4, -0.2) is 5.71 Å². The van der Waals surface area contributed by atoms with Gasteiger partial charge < -0.3 is 5.41 Å². The second-order valence-corrected chi connectivity index (χ2v) is 4.25. The summed E-state index contributed by atoms with van der Waals surface area (Å²) < 4.78 is 0. The van der Waals surface area contributed by atoms with Gasteiger partial charge in [0.2, 0.25) is 0 Å². The Morgan fingerprint density at radius 3 is 2.29 bits per heavy atom. The lowest BCUT2D eigenvalue weighted by Crippen LogP contribution is -2.05. The molecule has 0 saturated carbocycles. The van der Waals surface area contributed by atoms with E-state index in [0.717, 1.165) is 17.6 Å². The molecule has 2 aliphatic rings. The fourth-order valence-corrected chi connectivity index (χ4v) is 2.19. The zero-order valence-electron chi connectivity index (χ0n) is 9.48. The van der Waals surface area contributed by atoms with Crippen LogP contribution in [0.15, 0.2) is 59.7 Å². The van der Waals surface area contributed by atoms with Crippen molar-refractivity contribution in [2.24, 2.45) is 0 Å². The molecule has 0 aliphatic heterocycles. The van der Waals surface area contributed by atoms with E-state index in [9.17, 15) is 0 Å². The highest BCUT2D eigenvalue weighted by atomic mass is 14.4. The highest BCUT2D eigenvalue weighted by Crippen LogP contribution is 2.24. The number of allylic oxidation sites excluding steroid dienone is 6. The Hall–Kier alpha value is -2.15. The van der Waals surface area contributed by atoms with Crippen molar-refractivity contribution in [3.8, 4) is 0 Å². The zero-order chi connectivity index (χ0) is 11.7. The van der Waals surface area contributed by atoms with E-state index in [2.05, 4.69) is 42.5 Å². The predicted molar refractivity (Wildman–Crippen MR) is 73.0 cm³/mol. The first-order chi connectivity index (χ1) is 8.34. The molecule has 1 nitrogen and oxygen atoms in total. The van der Waals surface area contributed by atoms with Gasteiger partial charge in [-0.1, -0.05) is 60.7 Å². The summed E-state index contributed by atoms with van der Waals surface area (Å²) in [6, 6.07) is 8.30. The summed E-state index contributed by atoms with van der Waals surface area (Å²) in [5, 5.41) is 7.97. The molecule has 0 radical (unpaired) electrons. The lowest BCUT2D eigenvalue weighted by atomic mass is 9.91. The Bertz CT molecular complexity index is 598. The van der Waals surface area contributed by atoms with Gasteiger partial charge >= 0.3 is 0 Å². The van der Waals surface area contributed by atoms with Gasteiger partial charge in [-0.25, -0.2) is 0 Å². The first-order valence-corrected chi connectivity index (χ1v) is 5.78. The van der Waals surface area contributed by atoms with Crippen LogP contribution < -0.4 is 0 Å². The Kier molecular flexibility index (Phi) is 2.37. The molecule has 2 aliphatic carbocycles. The standard InChI is InChI=1S/C16H13N/c17-16-7-3-6-14-9-8-12-4-1-2-5-13(12)10-11-15(14)16/h1-6,8-11,17H,7H2/b9-8-,11-10-,12-8?,13-10?,14-9?,15-11?,17-16?. The fourth-order valence-electron chi connectivity index (χ4n) is 2.19. The number of rotatable bonds is 0. The van der Waals surface area contributed by atoms with E-state index < -0.39 is 0 Å². The summed E-state index contributed by atoms with van der Waals surface area (Å²) in [6.07, 6.45) is 13.3. The first kappa shape index (κ1) is 10.0. The topological polar surface area (TPSA) is 23.9 Å².